The number of aromatic nitrogens is 1. The second-order valence-corrected chi connectivity index (χ2v) is 5.12. The van der Waals surface area contributed by atoms with Gasteiger partial charge in [-0.15, -0.1) is 0 Å². The van der Waals surface area contributed by atoms with Gasteiger partial charge >= 0.3 is 6.09 Å². The molecule has 1 heterocycles. The molecule has 0 aliphatic rings. The summed E-state index contributed by atoms with van der Waals surface area (Å²) in [5.41, 5.74) is 0.0287. The lowest BCUT2D eigenvalue weighted by Crippen LogP contribution is -2.50. The summed E-state index contributed by atoms with van der Waals surface area (Å²) in [6.45, 7) is 1.92. The molecule has 1 aromatic heterocycles. The maximum Gasteiger partial charge on any atom is 0.405 e. The number of rotatable bonds is 9. The van der Waals surface area contributed by atoms with Crippen LogP contribution in [0.3, 0.4) is 0 Å². The van der Waals surface area contributed by atoms with E-state index < -0.39 is 24.1 Å². The number of H-pyrrole nitrogens is 1. The van der Waals surface area contributed by atoms with Gasteiger partial charge in [-0.3, -0.25) is 9.59 Å². The van der Waals surface area contributed by atoms with Crippen LogP contribution < -0.4 is 16.2 Å². The minimum atomic E-state index is -1.30. The van der Waals surface area contributed by atoms with Crippen molar-refractivity contribution in [1.82, 2.24) is 15.6 Å². The van der Waals surface area contributed by atoms with Crippen LogP contribution in [0.15, 0.2) is 23.1 Å². The van der Waals surface area contributed by atoms with E-state index in [-0.39, 0.29) is 12.0 Å². The van der Waals surface area contributed by atoms with Crippen LogP contribution in [0.4, 0.5) is 4.79 Å². The third-order valence-electron chi connectivity index (χ3n) is 3.29. The van der Waals surface area contributed by atoms with Crippen molar-refractivity contribution in [3.63, 3.8) is 0 Å². The van der Waals surface area contributed by atoms with Gasteiger partial charge in [-0.05, 0) is 12.5 Å². The van der Waals surface area contributed by atoms with Crippen LogP contribution in [0.2, 0.25) is 0 Å². The third-order valence-corrected chi connectivity index (χ3v) is 3.29. The topological polar surface area (TPSA) is 128 Å². The second kappa shape index (κ2) is 9.39. The fraction of sp³-hybridized carbons (Fsp3) is 0.467. The summed E-state index contributed by atoms with van der Waals surface area (Å²) < 4.78 is 0. The summed E-state index contributed by atoms with van der Waals surface area (Å²) in [5.74, 6) is -0.578. The average molecular weight is 323 g/mol. The van der Waals surface area contributed by atoms with E-state index >= 15 is 0 Å². The Morgan fingerprint density at radius 2 is 2.13 bits per heavy atom. The Balaban J connectivity index is 2.73. The van der Waals surface area contributed by atoms with Crippen molar-refractivity contribution >= 4 is 18.3 Å². The van der Waals surface area contributed by atoms with Gasteiger partial charge in [0.05, 0.1) is 6.04 Å². The standard InChI is InChI=1S/C15H21N3O5/c1-2-3-6-12(18-15(22)23)14(21)17-11(9-19)8-10-5-4-7-16-13(10)20/h4-5,7,9,11-12,18H,2-3,6,8H2,1H3,(H,16,20)(H,17,21)(H,22,23)/t11-,12-/m0/s1. The molecule has 0 aliphatic carbocycles. The lowest BCUT2D eigenvalue weighted by atomic mass is 10.1. The average Bonchev–Trinajstić information content (AvgIpc) is 2.52. The molecule has 126 valence electrons. The van der Waals surface area contributed by atoms with Crippen molar-refractivity contribution in [2.24, 2.45) is 0 Å². The van der Waals surface area contributed by atoms with E-state index in [1.807, 2.05) is 6.92 Å². The zero-order chi connectivity index (χ0) is 17.2. The molecule has 2 atom stereocenters. The maximum absolute atomic E-state index is 12.1. The quantitative estimate of drug-likeness (QED) is 0.490. The van der Waals surface area contributed by atoms with Crippen LogP contribution in [0.25, 0.3) is 0 Å². The van der Waals surface area contributed by atoms with Crippen LogP contribution in [0.5, 0.6) is 0 Å². The predicted molar refractivity (Wildman–Crippen MR) is 83.2 cm³/mol. The highest BCUT2D eigenvalue weighted by Crippen LogP contribution is 2.03. The molecule has 2 amide bonds. The molecule has 1 rings (SSSR count). The Labute approximate surface area is 133 Å². The minimum Gasteiger partial charge on any atom is -0.465 e. The summed E-state index contributed by atoms with van der Waals surface area (Å²) in [6, 6.07) is 1.36. The number of pyridine rings is 1. The van der Waals surface area contributed by atoms with Gasteiger partial charge in [0.1, 0.15) is 12.3 Å². The Hall–Kier alpha value is -2.64. The molecule has 0 fully saturated rings. The van der Waals surface area contributed by atoms with E-state index in [2.05, 4.69) is 15.6 Å². The van der Waals surface area contributed by atoms with Gasteiger partial charge in [-0.2, -0.15) is 0 Å². The van der Waals surface area contributed by atoms with Gasteiger partial charge in [0.15, 0.2) is 0 Å². The number of aldehydes is 1. The van der Waals surface area contributed by atoms with Gasteiger partial charge in [-0.1, -0.05) is 25.8 Å². The van der Waals surface area contributed by atoms with Crippen molar-refractivity contribution in [3.8, 4) is 0 Å². The maximum atomic E-state index is 12.1. The number of amides is 2. The van der Waals surface area contributed by atoms with Gasteiger partial charge in [0, 0.05) is 18.2 Å². The first-order valence-corrected chi connectivity index (χ1v) is 7.39. The van der Waals surface area contributed by atoms with Gasteiger partial charge < -0.3 is 25.5 Å². The van der Waals surface area contributed by atoms with Crippen molar-refractivity contribution in [1.29, 1.82) is 0 Å². The molecule has 0 bridgehead atoms. The molecule has 0 saturated heterocycles. The zero-order valence-corrected chi connectivity index (χ0v) is 12.9. The molecular weight excluding hydrogens is 302 g/mol. The Morgan fingerprint density at radius 3 is 2.70 bits per heavy atom. The zero-order valence-electron chi connectivity index (χ0n) is 12.9. The van der Waals surface area contributed by atoms with Gasteiger partial charge in [0.25, 0.3) is 5.56 Å². The summed E-state index contributed by atoms with van der Waals surface area (Å²) in [5, 5.41) is 13.4. The summed E-state index contributed by atoms with van der Waals surface area (Å²) in [7, 11) is 0. The molecule has 0 unspecified atom stereocenters. The van der Waals surface area contributed by atoms with Crippen LogP contribution in [-0.4, -0.2) is 40.5 Å². The molecule has 0 saturated carbocycles. The first kappa shape index (κ1) is 18.4. The molecular formula is C15H21N3O5. The van der Waals surface area contributed by atoms with Crippen LogP contribution in [0, 0.1) is 0 Å². The number of hydrogen-bond donors (Lipinski definition) is 4. The molecule has 0 radical (unpaired) electrons. The van der Waals surface area contributed by atoms with E-state index in [4.69, 9.17) is 5.11 Å². The van der Waals surface area contributed by atoms with E-state index in [0.717, 1.165) is 6.42 Å². The molecule has 0 aromatic carbocycles. The van der Waals surface area contributed by atoms with Crippen molar-refractivity contribution in [2.75, 3.05) is 0 Å². The van der Waals surface area contributed by atoms with Crippen LogP contribution in [0.1, 0.15) is 31.7 Å². The SMILES string of the molecule is CCCC[C@H](NC(=O)O)C(=O)N[C@H](C=O)Cc1ccc[nH]c1=O. The molecule has 8 nitrogen and oxygen atoms in total. The minimum absolute atomic E-state index is 0.0407. The lowest BCUT2D eigenvalue weighted by molar-refractivity contribution is -0.125. The smallest absolute Gasteiger partial charge is 0.405 e. The van der Waals surface area contributed by atoms with Gasteiger partial charge in [-0.25, -0.2) is 4.79 Å². The number of carbonyl (C=O) groups is 3. The number of nitrogens with one attached hydrogen (secondary N) is 3. The number of carbonyl (C=O) groups excluding carboxylic acids is 2. The highest BCUT2D eigenvalue weighted by Gasteiger charge is 2.23. The van der Waals surface area contributed by atoms with E-state index in [1.54, 1.807) is 12.1 Å². The summed E-state index contributed by atoms with van der Waals surface area (Å²) >= 11 is 0. The summed E-state index contributed by atoms with van der Waals surface area (Å²) in [4.78, 5) is 48.1. The molecule has 0 aliphatic heterocycles. The number of carboxylic acid groups (broad SMARTS) is 1. The Morgan fingerprint density at radius 1 is 1.39 bits per heavy atom. The number of hydrogen-bond acceptors (Lipinski definition) is 4. The normalized spacial score (nSPS) is 12.9. The second-order valence-electron chi connectivity index (χ2n) is 5.12. The van der Waals surface area contributed by atoms with Crippen molar-refractivity contribution < 1.29 is 19.5 Å². The summed E-state index contributed by atoms with van der Waals surface area (Å²) in [6.07, 6.45) is 2.55. The fourth-order valence-electron chi connectivity index (χ4n) is 2.10. The van der Waals surface area contributed by atoms with Crippen LogP contribution in [-0.2, 0) is 16.0 Å². The van der Waals surface area contributed by atoms with Crippen LogP contribution >= 0.6 is 0 Å². The van der Waals surface area contributed by atoms with E-state index in [0.29, 0.717) is 24.7 Å². The largest absolute Gasteiger partial charge is 0.465 e. The van der Waals surface area contributed by atoms with E-state index in [1.165, 1.54) is 6.20 Å². The third kappa shape index (κ3) is 6.33. The molecule has 1 aromatic rings. The first-order chi connectivity index (χ1) is 11.0. The number of aromatic amines is 1. The van der Waals surface area contributed by atoms with Crippen molar-refractivity contribution in [2.45, 2.75) is 44.7 Å². The Kier molecular flexibility index (Phi) is 7.52. The monoisotopic (exact) mass is 323 g/mol. The fourth-order valence-corrected chi connectivity index (χ4v) is 2.10. The lowest BCUT2D eigenvalue weighted by Gasteiger charge is -2.19. The Bertz CT molecular complexity index is 599. The molecule has 8 heteroatoms. The highest BCUT2D eigenvalue weighted by atomic mass is 16.4. The molecule has 23 heavy (non-hydrogen) atoms. The van der Waals surface area contributed by atoms with Crippen molar-refractivity contribution in [3.05, 3.63) is 34.2 Å². The molecule has 0 spiro atoms. The first-order valence-electron chi connectivity index (χ1n) is 7.39. The highest BCUT2D eigenvalue weighted by molar-refractivity contribution is 5.87. The van der Waals surface area contributed by atoms with Gasteiger partial charge in [0.2, 0.25) is 5.91 Å². The molecule has 4 N–H and O–H groups in total. The predicted octanol–water partition coefficient (Wildman–Crippen LogP) is 0.428. The number of unbranched alkanes of at least 4 members (excludes halogenated alkanes) is 1. The van der Waals surface area contributed by atoms with E-state index in [9.17, 15) is 19.2 Å².